The summed E-state index contributed by atoms with van der Waals surface area (Å²) in [6, 6.07) is 19.8. The number of pyridine rings is 1. The highest BCUT2D eigenvalue weighted by Crippen LogP contribution is 2.25. The Morgan fingerprint density at radius 3 is 2.35 bits per heavy atom. The van der Waals surface area contributed by atoms with Gasteiger partial charge in [0.25, 0.3) is 0 Å². The van der Waals surface area contributed by atoms with Gasteiger partial charge in [0.2, 0.25) is 0 Å². The van der Waals surface area contributed by atoms with Gasteiger partial charge in [-0.25, -0.2) is 9.78 Å². The Kier molecular flexibility index (Phi) is 4.17. The maximum atomic E-state index is 11.7. The van der Waals surface area contributed by atoms with Gasteiger partial charge >= 0.3 is 5.69 Å². The summed E-state index contributed by atoms with van der Waals surface area (Å²) in [5.41, 5.74) is 9.81. The molecule has 2 heterocycles. The number of benzene rings is 2. The number of hydrogen-bond acceptors (Lipinski definition) is 5. The molecule has 0 aliphatic carbocycles. The van der Waals surface area contributed by atoms with E-state index in [4.69, 9.17) is 5.73 Å². The SMILES string of the molecule is NCc1ccc(-c2ccc(Nc3[nH]c(=O)nc4ncccc34)cc2)cc1. The van der Waals surface area contributed by atoms with E-state index in [9.17, 15) is 4.79 Å². The number of rotatable bonds is 4. The Morgan fingerprint density at radius 1 is 0.962 bits per heavy atom. The molecule has 128 valence electrons. The van der Waals surface area contributed by atoms with E-state index < -0.39 is 5.69 Å². The summed E-state index contributed by atoms with van der Waals surface area (Å²) >= 11 is 0. The van der Waals surface area contributed by atoms with Crippen LogP contribution >= 0.6 is 0 Å². The van der Waals surface area contributed by atoms with Gasteiger partial charge in [0.05, 0.1) is 5.39 Å². The predicted octanol–water partition coefficient (Wildman–Crippen LogP) is 3.19. The molecule has 6 nitrogen and oxygen atoms in total. The Hall–Kier alpha value is -3.51. The van der Waals surface area contributed by atoms with Gasteiger partial charge in [-0.2, -0.15) is 4.98 Å². The van der Waals surface area contributed by atoms with Crippen molar-refractivity contribution in [1.29, 1.82) is 0 Å². The Morgan fingerprint density at radius 2 is 1.65 bits per heavy atom. The fourth-order valence-electron chi connectivity index (χ4n) is 2.80. The first-order chi connectivity index (χ1) is 12.7. The first-order valence-electron chi connectivity index (χ1n) is 8.24. The second-order valence-electron chi connectivity index (χ2n) is 5.89. The minimum Gasteiger partial charge on any atom is -0.341 e. The number of hydrogen-bond donors (Lipinski definition) is 3. The summed E-state index contributed by atoms with van der Waals surface area (Å²) in [6.07, 6.45) is 1.61. The molecule has 0 bridgehead atoms. The molecule has 0 saturated carbocycles. The van der Waals surface area contributed by atoms with Crippen molar-refractivity contribution < 1.29 is 0 Å². The summed E-state index contributed by atoms with van der Waals surface area (Å²) < 4.78 is 0. The normalized spacial score (nSPS) is 10.8. The molecule has 4 N–H and O–H groups in total. The van der Waals surface area contributed by atoms with Crippen LogP contribution in [0.5, 0.6) is 0 Å². The van der Waals surface area contributed by atoms with Crippen molar-refractivity contribution in [3.63, 3.8) is 0 Å². The molecule has 2 aromatic carbocycles. The largest absolute Gasteiger partial charge is 0.348 e. The van der Waals surface area contributed by atoms with Crippen LogP contribution < -0.4 is 16.7 Å². The maximum absolute atomic E-state index is 11.7. The summed E-state index contributed by atoms with van der Waals surface area (Å²) in [5.74, 6) is 0.577. The average molecular weight is 343 g/mol. The molecule has 6 heteroatoms. The molecule has 0 radical (unpaired) electrons. The first kappa shape index (κ1) is 16.0. The molecular weight excluding hydrogens is 326 g/mol. The third-order valence-corrected chi connectivity index (χ3v) is 4.17. The van der Waals surface area contributed by atoms with Crippen LogP contribution in [0.1, 0.15) is 5.56 Å². The number of aromatic amines is 1. The Labute approximate surface area is 149 Å². The van der Waals surface area contributed by atoms with Gasteiger partial charge in [-0.3, -0.25) is 4.98 Å². The van der Waals surface area contributed by atoms with Gasteiger partial charge in [0.1, 0.15) is 5.82 Å². The zero-order valence-electron chi connectivity index (χ0n) is 13.9. The lowest BCUT2D eigenvalue weighted by Crippen LogP contribution is -2.13. The van der Waals surface area contributed by atoms with E-state index in [0.29, 0.717) is 18.0 Å². The average Bonchev–Trinajstić information content (AvgIpc) is 2.68. The van der Waals surface area contributed by atoms with E-state index in [2.05, 4.69) is 32.4 Å². The zero-order valence-corrected chi connectivity index (χ0v) is 13.9. The van der Waals surface area contributed by atoms with Gasteiger partial charge in [-0.05, 0) is 41.0 Å². The van der Waals surface area contributed by atoms with Crippen LogP contribution in [0.3, 0.4) is 0 Å². The third kappa shape index (κ3) is 3.18. The zero-order chi connectivity index (χ0) is 17.9. The van der Waals surface area contributed by atoms with Gasteiger partial charge in [-0.15, -0.1) is 0 Å². The number of aromatic nitrogens is 3. The molecule has 0 aliphatic rings. The minimum atomic E-state index is -0.435. The van der Waals surface area contributed by atoms with Crippen LogP contribution in [0.4, 0.5) is 11.5 Å². The molecule has 0 amide bonds. The van der Waals surface area contributed by atoms with E-state index in [0.717, 1.165) is 27.8 Å². The second-order valence-corrected chi connectivity index (χ2v) is 5.89. The topological polar surface area (TPSA) is 96.7 Å². The van der Waals surface area contributed by atoms with Gasteiger partial charge in [0.15, 0.2) is 5.65 Å². The molecule has 0 spiro atoms. The number of anilines is 2. The number of nitrogens with two attached hydrogens (primary N) is 1. The van der Waals surface area contributed by atoms with Crippen LogP contribution in [-0.4, -0.2) is 15.0 Å². The smallest absolute Gasteiger partial charge is 0.341 e. The molecule has 0 unspecified atom stereocenters. The van der Waals surface area contributed by atoms with E-state index in [1.165, 1.54) is 0 Å². The van der Waals surface area contributed by atoms with E-state index >= 15 is 0 Å². The highest BCUT2D eigenvalue weighted by atomic mass is 16.1. The lowest BCUT2D eigenvalue weighted by atomic mass is 10.0. The van der Waals surface area contributed by atoms with Crippen molar-refractivity contribution in [3.05, 3.63) is 82.9 Å². The van der Waals surface area contributed by atoms with E-state index in [1.54, 1.807) is 6.20 Å². The molecule has 0 saturated heterocycles. The molecular formula is C20H17N5O. The lowest BCUT2D eigenvalue weighted by molar-refractivity contribution is 1.07. The Bertz CT molecular complexity index is 1100. The highest BCUT2D eigenvalue weighted by molar-refractivity contribution is 5.88. The van der Waals surface area contributed by atoms with Gasteiger partial charge in [0, 0.05) is 18.4 Å². The summed E-state index contributed by atoms with van der Waals surface area (Å²) in [6.45, 7) is 0.538. The predicted molar refractivity (Wildman–Crippen MR) is 103 cm³/mol. The number of nitrogens with zero attached hydrogens (tertiary/aromatic N) is 2. The quantitative estimate of drug-likeness (QED) is 0.529. The van der Waals surface area contributed by atoms with Gasteiger partial charge in [-0.1, -0.05) is 36.4 Å². The molecule has 4 rings (SSSR count). The van der Waals surface area contributed by atoms with Crippen molar-refractivity contribution in [2.75, 3.05) is 5.32 Å². The van der Waals surface area contributed by atoms with Crippen LogP contribution in [0.2, 0.25) is 0 Å². The summed E-state index contributed by atoms with van der Waals surface area (Å²) in [4.78, 5) is 22.5. The van der Waals surface area contributed by atoms with Crippen molar-refractivity contribution in [2.24, 2.45) is 5.73 Å². The third-order valence-electron chi connectivity index (χ3n) is 4.17. The van der Waals surface area contributed by atoms with Crippen molar-refractivity contribution >= 4 is 22.5 Å². The number of H-pyrrole nitrogens is 1. The van der Waals surface area contributed by atoms with Crippen molar-refractivity contribution in [1.82, 2.24) is 15.0 Å². The fraction of sp³-hybridized carbons (Fsp3) is 0.0500. The molecule has 26 heavy (non-hydrogen) atoms. The standard InChI is InChI=1S/C20H17N5O/c21-12-13-3-5-14(6-4-13)15-7-9-16(10-8-15)23-19-17-2-1-11-22-18(17)24-20(26)25-19/h1-11H,12,21H2,(H2,22,23,24,25,26). The van der Waals surface area contributed by atoms with E-state index in [1.807, 2.05) is 48.5 Å². The summed E-state index contributed by atoms with van der Waals surface area (Å²) in [7, 11) is 0. The minimum absolute atomic E-state index is 0.412. The monoisotopic (exact) mass is 343 g/mol. The maximum Gasteiger partial charge on any atom is 0.348 e. The molecule has 0 atom stereocenters. The highest BCUT2D eigenvalue weighted by Gasteiger charge is 2.06. The second kappa shape index (κ2) is 6.78. The fourth-order valence-corrected chi connectivity index (χ4v) is 2.80. The van der Waals surface area contributed by atoms with Crippen LogP contribution in [-0.2, 0) is 6.54 Å². The summed E-state index contributed by atoms with van der Waals surface area (Å²) in [5, 5.41) is 3.99. The number of fused-ring (bicyclic) bond motifs is 1. The van der Waals surface area contributed by atoms with Crippen LogP contribution in [0, 0.1) is 0 Å². The lowest BCUT2D eigenvalue weighted by Gasteiger charge is -2.10. The Balaban J connectivity index is 1.63. The number of nitrogens with one attached hydrogen (secondary N) is 2. The van der Waals surface area contributed by atoms with Crippen LogP contribution in [0.15, 0.2) is 71.7 Å². The molecule has 0 fully saturated rings. The van der Waals surface area contributed by atoms with Crippen molar-refractivity contribution in [3.8, 4) is 11.1 Å². The van der Waals surface area contributed by atoms with Crippen LogP contribution in [0.25, 0.3) is 22.2 Å². The first-order valence-corrected chi connectivity index (χ1v) is 8.24. The van der Waals surface area contributed by atoms with Crippen molar-refractivity contribution in [2.45, 2.75) is 6.54 Å². The van der Waals surface area contributed by atoms with E-state index in [-0.39, 0.29) is 0 Å². The molecule has 0 aliphatic heterocycles. The molecule has 4 aromatic rings. The molecule has 2 aromatic heterocycles. The van der Waals surface area contributed by atoms with Gasteiger partial charge < -0.3 is 11.1 Å².